The summed E-state index contributed by atoms with van der Waals surface area (Å²) in [4.78, 5) is 26.1. The molecule has 174 valence electrons. The molecule has 2 N–H and O–H groups in total. The van der Waals surface area contributed by atoms with Crippen molar-refractivity contribution in [3.63, 3.8) is 0 Å². The number of aliphatic hydroxyl groups is 2. The molecule has 4 nitrogen and oxygen atoms in total. The highest BCUT2D eigenvalue weighted by Crippen LogP contribution is 2.71. The van der Waals surface area contributed by atoms with Crippen molar-refractivity contribution >= 4 is 11.6 Å². The molecule has 0 aromatic rings. The fraction of sp³-hybridized carbons (Fsp3) is 0.714. The molecular formula is C28H38O4. The Bertz CT molecular complexity index is 1010. The zero-order valence-corrected chi connectivity index (χ0v) is 20.4. The van der Waals surface area contributed by atoms with E-state index < -0.39 is 16.9 Å². The SMILES string of the molecule is CC1=C2CC[C@]3(C)[C@H](CC=C4[C@@H]5CC(C)(C)CC[C@@H]5C(=O)[C@H](O)[C@]43C)[C@]2(C)C=C(O)C1=O. The highest BCUT2D eigenvalue weighted by molar-refractivity contribution is 6.08. The standard InChI is InChI=1S/C28H38O4/c1-15-18-10-12-27(5)21(26(18,4)14-20(29)22(15)30)8-7-19-17-13-25(2,3)11-9-16(17)23(31)24(32)28(19,27)6/h7,14,16-17,21,24,29,32H,8-13H2,1-6H3/t16-,17+,21+,24-,26+,27+,28-/m0/s1. The highest BCUT2D eigenvalue weighted by Gasteiger charge is 2.68. The van der Waals surface area contributed by atoms with E-state index in [1.807, 2.05) is 6.92 Å². The summed E-state index contributed by atoms with van der Waals surface area (Å²) in [5, 5.41) is 22.1. The van der Waals surface area contributed by atoms with Gasteiger partial charge in [-0.05, 0) is 74.2 Å². The Labute approximate surface area is 191 Å². The van der Waals surface area contributed by atoms with Gasteiger partial charge in [-0.2, -0.15) is 0 Å². The van der Waals surface area contributed by atoms with Gasteiger partial charge in [-0.3, -0.25) is 9.59 Å². The molecular weight excluding hydrogens is 400 g/mol. The Morgan fingerprint density at radius 1 is 1.03 bits per heavy atom. The van der Waals surface area contributed by atoms with Crippen LogP contribution in [0.25, 0.3) is 0 Å². The number of hydrogen-bond donors (Lipinski definition) is 2. The van der Waals surface area contributed by atoms with Crippen LogP contribution in [0.5, 0.6) is 0 Å². The van der Waals surface area contributed by atoms with Gasteiger partial charge in [0.1, 0.15) is 6.10 Å². The molecule has 0 heterocycles. The number of fused-ring (bicyclic) bond motifs is 7. The molecule has 3 fully saturated rings. The lowest BCUT2D eigenvalue weighted by atomic mass is 9.37. The van der Waals surface area contributed by atoms with Crippen molar-refractivity contribution in [2.75, 3.05) is 0 Å². The second kappa shape index (κ2) is 6.46. The van der Waals surface area contributed by atoms with Crippen LogP contribution in [0.1, 0.15) is 80.1 Å². The molecule has 5 aliphatic carbocycles. The lowest BCUT2D eigenvalue weighted by molar-refractivity contribution is -0.168. The summed E-state index contributed by atoms with van der Waals surface area (Å²) in [5.41, 5.74) is 1.90. The monoisotopic (exact) mass is 438 g/mol. The van der Waals surface area contributed by atoms with Crippen LogP contribution in [0.2, 0.25) is 0 Å². The summed E-state index contributed by atoms with van der Waals surface area (Å²) >= 11 is 0. The molecule has 3 saturated carbocycles. The maximum absolute atomic E-state index is 13.6. The quantitative estimate of drug-likeness (QED) is 0.492. The first-order valence-corrected chi connectivity index (χ1v) is 12.4. The fourth-order valence-corrected chi connectivity index (χ4v) is 8.82. The Hall–Kier alpha value is -1.68. The van der Waals surface area contributed by atoms with Crippen LogP contribution < -0.4 is 0 Å². The minimum absolute atomic E-state index is 0.0342. The Balaban J connectivity index is 1.68. The zero-order chi connectivity index (χ0) is 23.4. The first kappa shape index (κ1) is 22.1. The average molecular weight is 439 g/mol. The number of Topliss-reactive ketones (excluding diaryl/α,β-unsaturated/α-hetero) is 2. The summed E-state index contributed by atoms with van der Waals surface area (Å²) in [6.45, 7) is 13.0. The molecule has 0 aromatic carbocycles. The summed E-state index contributed by atoms with van der Waals surface area (Å²) in [6.07, 6.45) is 8.43. The molecule has 0 aromatic heterocycles. The number of rotatable bonds is 0. The summed E-state index contributed by atoms with van der Waals surface area (Å²) in [7, 11) is 0. The topological polar surface area (TPSA) is 74.6 Å². The van der Waals surface area contributed by atoms with Crippen LogP contribution in [0.4, 0.5) is 0 Å². The third-order valence-electron chi connectivity index (χ3n) is 10.8. The van der Waals surface area contributed by atoms with Crippen LogP contribution in [-0.2, 0) is 9.59 Å². The minimum atomic E-state index is -0.998. The van der Waals surface area contributed by atoms with Crippen molar-refractivity contribution in [2.24, 2.45) is 39.4 Å². The normalized spacial score (nSPS) is 47.6. The number of allylic oxidation sites excluding steroid dienone is 4. The van der Waals surface area contributed by atoms with Crippen molar-refractivity contribution in [2.45, 2.75) is 86.2 Å². The fourth-order valence-electron chi connectivity index (χ4n) is 8.82. The van der Waals surface area contributed by atoms with E-state index in [1.54, 1.807) is 6.08 Å². The molecule has 0 spiro atoms. The van der Waals surface area contributed by atoms with Gasteiger partial charge >= 0.3 is 0 Å². The Morgan fingerprint density at radius 3 is 2.41 bits per heavy atom. The van der Waals surface area contributed by atoms with E-state index in [2.05, 4.69) is 40.7 Å². The van der Waals surface area contributed by atoms with E-state index in [0.29, 0.717) is 5.57 Å². The Kier molecular flexibility index (Phi) is 4.47. The van der Waals surface area contributed by atoms with Crippen LogP contribution in [0.15, 0.2) is 34.6 Å². The number of aliphatic hydroxyl groups excluding tert-OH is 2. The minimum Gasteiger partial charge on any atom is -0.504 e. The van der Waals surface area contributed by atoms with E-state index in [0.717, 1.165) is 44.1 Å². The van der Waals surface area contributed by atoms with Crippen molar-refractivity contribution in [1.82, 2.24) is 0 Å². The number of hydrogen-bond acceptors (Lipinski definition) is 4. The van der Waals surface area contributed by atoms with E-state index in [1.165, 1.54) is 5.57 Å². The third-order valence-corrected chi connectivity index (χ3v) is 10.8. The first-order chi connectivity index (χ1) is 14.8. The number of carbonyl (C=O) groups is 2. The number of ketones is 2. The second-order valence-electron chi connectivity index (χ2n) is 12.7. The number of carbonyl (C=O) groups excluding carboxylic acids is 2. The molecule has 32 heavy (non-hydrogen) atoms. The average Bonchev–Trinajstić information content (AvgIpc) is 2.70. The molecule has 7 atom stereocenters. The van der Waals surface area contributed by atoms with Gasteiger partial charge < -0.3 is 10.2 Å². The van der Waals surface area contributed by atoms with E-state index in [4.69, 9.17) is 0 Å². The highest BCUT2D eigenvalue weighted by atomic mass is 16.3. The lowest BCUT2D eigenvalue weighted by Crippen LogP contribution is -2.65. The molecule has 0 unspecified atom stereocenters. The van der Waals surface area contributed by atoms with Gasteiger partial charge in [0.2, 0.25) is 5.78 Å². The van der Waals surface area contributed by atoms with Gasteiger partial charge in [-0.25, -0.2) is 0 Å². The van der Waals surface area contributed by atoms with Gasteiger partial charge in [0.15, 0.2) is 11.5 Å². The summed E-state index contributed by atoms with van der Waals surface area (Å²) in [5.74, 6) is -0.140. The van der Waals surface area contributed by atoms with Crippen LogP contribution >= 0.6 is 0 Å². The van der Waals surface area contributed by atoms with Crippen molar-refractivity contribution in [3.8, 4) is 0 Å². The molecule has 0 bridgehead atoms. The maximum Gasteiger partial charge on any atom is 0.222 e. The van der Waals surface area contributed by atoms with Crippen LogP contribution in [0, 0.1) is 39.4 Å². The maximum atomic E-state index is 13.6. The second-order valence-corrected chi connectivity index (χ2v) is 12.7. The summed E-state index contributed by atoms with van der Waals surface area (Å²) < 4.78 is 0. The van der Waals surface area contributed by atoms with Crippen molar-refractivity contribution < 1.29 is 19.8 Å². The zero-order valence-electron chi connectivity index (χ0n) is 20.4. The summed E-state index contributed by atoms with van der Waals surface area (Å²) in [6, 6.07) is 0. The molecule has 0 radical (unpaired) electrons. The van der Waals surface area contributed by atoms with Gasteiger partial charge in [0.25, 0.3) is 0 Å². The van der Waals surface area contributed by atoms with Crippen LogP contribution in [0.3, 0.4) is 0 Å². The molecule has 5 aliphatic rings. The van der Waals surface area contributed by atoms with Crippen molar-refractivity contribution in [3.05, 3.63) is 34.6 Å². The van der Waals surface area contributed by atoms with Crippen LogP contribution in [-0.4, -0.2) is 27.9 Å². The molecule has 5 rings (SSSR count). The molecule has 4 heteroatoms. The first-order valence-electron chi connectivity index (χ1n) is 12.4. The van der Waals surface area contributed by atoms with E-state index >= 15 is 0 Å². The Morgan fingerprint density at radius 2 is 1.72 bits per heavy atom. The predicted molar refractivity (Wildman–Crippen MR) is 124 cm³/mol. The molecule has 0 saturated heterocycles. The smallest absolute Gasteiger partial charge is 0.222 e. The van der Waals surface area contributed by atoms with Gasteiger partial charge in [0, 0.05) is 22.3 Å². The predicted octanol–water partition coefficient (Wildman–Crippen LogP) is 5.47. The largest absolute Gasteiger partial charge is 0.504 e. The third kappa shape index (κ3) is 2.48. The van der Waals surface area contributed by atoms with Gasteiger partial charge in [-0.1, -0.05) is 51.8 Å². The lowest BCUT2D eigenvalue weighted by Gasteiger charge is -2.67. The molecule has 0 aliphatic heterocycles. The van der Waals surface area contributed by atoms with Gasteiger partial charge in [-0.15, -0.1) is 0 Å². The van der Waals surface area contributed by atoms with Gasteiger partial charge in [0.05, 0.1) is 0 Å². The van der Waals surface area contributed by atoms with E-state index in [9.17, 15) is 19.8 Å². The van der Waals surface area contributed by atoms with Crippen molar-refractivity contribution in [1.29, 1.82) is 0 Å². The molecule has 0 amide bonds. The van der Waals surface area contributed by atoms with E-state index in [-0.39, 0.29) is 45.9 Å².